The van der Waals surface area contributed by atoms with E-state index in [0.29, 0.717) is 24.0 Å². The van der Waals surface area contributed by atoms with Gasteiger partial charge in [-0.3, -0.25) is 9.69 Å². The third-order valence-electron chi connectivity index (χ3n) is 7.11. The van der Waals surface area contributed by atoms with Crippen molar-refractivity contribution in [3.8, 4) is 22.6 Å². The van der Waals surface area contributed by atoms with Crippen molar-refractivity contribution in [2.45, 2.75) is 33.1 Å². The second-order valence-electron chi connectivity index (χ2n) is 9.67. The van der Waals surface area contributed by atoms with E-state index in [-0.39, 0.29) is 22.7 Å². The summed E-state index contributed by atoms with van der Waals surface area (Å²) in [6.45, 7) is 7.18. The van der Waals surface area contributed by atoms with Crippen LogP contribution < -0.4 is 10.4 Å². The number of Topliss-reactive ketones (excluding diaryl/α,β-unsaturated/α-hetero) is 1. The first-order valence-corrected chi connectivity index (χ1v) is 12.7. The molecule has 0 saturated carbocycles. The minimum atomic E-state index is -0.535. The van der Waals surface area contributed by atoms with Crippen LogP contribution in [0.25, 0.3) is 22.1 Å². The molecular formula is C31H31NO5. The highest BCUT2D eigenvalue weighted by Gasteiger charge is 2.23. The van der Waals surface area contributed by atoms with E-state index in [1.165, 1.54) is 25.8 Å². The molecule has 1 N–H and O–H groups in total. The molecule has 0 bridgehead atoms. The minimum absolute atomic E-state index is 0.0222. The fourth-order valence-electron chi connectivity index (χ4n) is 5.17. The lowest BCUT2D eigenvalue weighted by Gasteiger charge is -2.16. The molecule has 190 valence electrons. The number of aryl methyl sites for hydroxylation is 1. The zero-order valence-corrected chi connectivity index (χ0v) is 21.3. The first kappa shape index (κ1) is 24.8. The summed E-state index contributed by atoms with van der Waals surface area (Å²) in [5.74, 6) is 0.243. The Bertz CT molecular complexity index is 1500. The molecule has 2 heterocycles. The van der Waals surface area contributed by atoms with Crippen molar-refractivity contribution in [3.05, 3.63) is 93.3 Å². The maximum atomic E-state index is 13.4. The third-order valence-corrected chi connectivity index (χ3v) is 7.11. The van der Waals surface area contributed by atoms with E-state index in [1.807, 2.05) is 55.5 Å². The summed E-state index contributed by atoms with van der Waals surface area (Å²) in [5, 5.41) is 11.0. The molecule has 6 nitrogen and oxygen atoms in total. The van der Waals surface area contributed by atoms with Gasteiger partial charge in [0.1, 0.15) is 23.7 Å². The number of carbonyl (C=O) groups is 1. The number of hydrogen-bond donors (Lipinski definition) is 1. The number of ketones is 1. The molecule has 5 rings (SSSR count). The highest BCUT2D eigenvalue weighted by molar-refractivity contribution is 6.08. The highest BCUT2D eigenvalue weighted by atomic mass is 16.5. The molecule has 1 aliphatic rings. The molecule has 6 heteroatoms. The standard InChI is InChI=1S/C31H31NO5/c1-20-7-3-4-8-24(20)29-26(25-13-14-27(34)28(21(2)33)30(25)37-31(29)35)19-22-9-11-23(12-10-22)36-18-17-32-15-5-6-16-32/h3-4,7-14,34H,5-6,15-19H2,1-2H3. The fraction of sp³-hybridized carbons (Fsp3) is 0.290. The monoisotopic (exact) mass is 497 g/mol. The first-order valence-electron chi connectivity index (χ1n) is 12.7. The van der Waals surface area contributed by atoms with Gasteiger partial charge in [-0.25, -0.2) is 4.79 Å². The van der Waals surface area contributed by atoms with Gasteiger partial charge in [0.15, 0.2) is 11.4 Å². The molecule has 0 amide bonds. The predicted octanol–water partition coefficient (Wildman–Crippen LogP) is 5.74. The Morgan fingerprint density at radius 3 is 2.46 bits per heavy atom. The van der Waals surface area contributed by atoms with Gasteiger partial charge in [-0.1, -0.05) is 36.4 Å². The van der Waals surface area contributed by atoms with Crippen LogP contribution in [-0.4, -0.2) is 42.0 Å². The van der Waals surface area contributed by atoms with E-state index in [9.17, 15) is 14.7 Å². The predicted molar refractivity (Wildman–Crippen MR) is 145 cm³/mol. The quantitative estimate of drug-likeness (QED) is 0.247. The normalized spacial score (nSPS) is 13.8. The Labute approximate surface area is 216 Å². The molecule has 0 aliphatic carbocycles. The van der Waals surface area contributed by atoms with Gasteiger partial charge in [0.25, 0.3) is 0 Å². The van der Waals surface area contributed by atoms with Gasteiger partial charge in [0, 0.05) is 11.9 Å². The van der Waals surface area contributed by atoms with Gasteiger partial charge in [0.05, 0.1) is 5.56 Å². The van der Waals surface area contributed by atoms with Gasteiger partial charge in [-0.15, -0.1) is 0 Å². The van der Waals surface area contributed by atoms with E-state index >= 15 is 0 Å². The van der Waals surface area contributed by atoms with Crippen molar-refractivity contribution in [3.63, 3.8) is 0 Å². The zero-order valence-electron chi connectivity index (χ0n) is 21.3. The van der Waals surface area contributed by atoms with Gasteiger partial charge in [-0.05, 0) is 92.7 Å². The number of fused-ring (bicyclic) bond motifs is 1. The number of hydrogen-bond acceptors (Lipinski definition) is 6. The lowest BCUT2D eigenvalue weighted by molar-refractivity contribution is 0.101. The van der Waals surface area contributed by atoms with Crippen LogP contribution in [0.1, 0.15) is 46.8 Å². The topological polar surface area (TPSA) is 80.0 Å². The second kappa shape index (κ2) is 10.6. The molecule has 1 saturated heterocycles. The van der Waals surface area contributed by atoms with Crippen LogP contribution in [0.15, 0.2) is 69.9 Å². The maximum absolute atomic E-state index is 13.4. The smallest absolute Gasteiger partial charge is 0.344 e. The largest absolute Gasteiger partial charge is 0.507 e. The minimum Gasteiger partial charge on any atom is -0.507 e. The number of phenolic OH excluding ortho intramolecular Hbond substituents is 1. The summed E-state index contributed by atoms with van der Waals surface area (Å²) >= 11 is 0. The number of benzene rings is 3. The molecule has 1 fully saturated rings. The van der Waals surface area contributed by atoms with Crippen molar-refractivity contribution in [1.82, 2.24) is 4.90 Å². The summed E-state index contributed by atoms with van der Waals surface area (Å²) in [6, 6.07) is 18.8. The molecule has 0 spiro atoms. The van der Waals surface area contributed by atoms with Crippen LogP contribution in [0.3, 0.4) is 0 Å². The Kier molecular flexibility index (Phi) is 7.10. The van der Waals surface area contributed by atoms with E-state index in [0.717, 1.165) is 47.6 Å². The van der Waals surface area contributed by atoms with Crippen LogP contribution >= 0.6 is 0 Å². The van der Waals surface area contributed by atoms with Crippen LogP contribution in [0.5, 0.6) is 11.5 Å². The number of aromatic hydroxyl groups is 1. The summed E-state index contributed by atoms with van der Waals surface area (Å²) in [7, 11) is 0. The maximum Gasteiger partial charge on any atom is 0.344 e. The third kappa shape index (κ3) is 5.16. The Morgan fingerprint density at radius 1 is 1.03 bits per heavy atom. The molecule has 0 atom stereocenters. The van der Waals surface area contributed by atoms with Crippen molar-refractivity contribution in [1.29, 1.82) is 0 Å². The molecule has 37 heavy (non-hydrogen) atoms. The number of carbonyl (C=O) groups excluding carboxylic acids is 1. The molecule has 0 unspecified atom stereocenters. The lowest BCUT2D eigenvalue weighted by Crippen LogP contribution is -2.25. The fourth-order valence-corrected chi connectivity index (χ4v) is 5.17. The van der Waals surface area contributed by atoms with Crippen LogP contribution in [0.2, 0.25) is 0 Å². The van der Waals surface area contributed by atoms with Crippen molar-refractivity contribution in [2.75, 3.05) is 26.2 Å². The van der Waals surface area contributed by atoms with Crippen molar-refractivity contribution >= 4 is 16.8 Å². The number of nitrogens with zero attached hydrogens (tertiary/aromatic N) is 1. The lowest BCUT2D eigenvalue weighted by atomic mass is 9.90. The highest BCUT2D eigenvalue weighted by Crippen LogP contribution is 2.35. The Morgan fingerprint density at radius 2 is 1.76 bits per heavy atom. The SMILES string of the molecule is CC(=O)c1c(O)ccc2c(Cc3ccc(OCCN4CCCC4)cc3)c(-c3ccccc3C)c(=O)oc12. The molecular weight excluding hydrogens is 466 g/mol. The van der Waals surface area contributed by atoms with E-state index in [1.54, 1.807) is 6.07 Å². The molecule has 1 aliphatic heterocycles. The van der Waals surface area contributed by atoms with Gasteiger partial charge in [0.2, 0.25) is 0 Å². The number of ether oxygens (including phenoxy) is 1. The first-order chi connectivity index (χ1) is 17.9. The van der Waals surface area contributed by atoms with Gasteiger partial charge < -0.3 is 14.3 Å². The molecule has 1 aromatic heterocycles. The number of likely N-dealkylation sites (tertiary alicyclic amines) is 1. The Balaban J connectivity index is 1.53. The average Bonchev–Trinajstić information content (AvgIpc) is 3.39. The Hall–Kier alpha value is -3.90. The number of phenols is 1. The molecule has 3 aromatic carbocycles. The van der Waals surface area contributed by atoms with E-state index in [4.69, 9.17) is 9.15 Å². The number of rotatable bonds is 8. The van der Waals surface area contributed by atoms with Crippen LogP contribution in [0.4, 0.5) is 0 Å². The second-order valence-corrected chi connectivity index (χ2v) is 9.67. The summed E-state index contributed by atoms with van der Waals surface area (Å²) < 4.78 is 11.7. The van der Waals surface area contributed by atoms with E-state index in [2.05, 4.69) is 4.90 Å². The van der Waals surface area contributed by atoms with Crippen molar-refractivity contribution in [2.24, 2.45) is 0 Å². The summed E-state index contributed by atoms with van der Waals surface area (Å²) in [4.78, 5) is 28.1. The molecule has 4 aromatic rings. The zero-order chi connectivity index (χ0) is 25.9. The van der Waals surface area contributed by atoms with Crippen LogP contribution in [-0.2, 0) is 6.42 Å². The summed E-state index contributed by atoms with van der Waals surface area (Å²) in [5.41, 5.74) is 3.55. The van der Waals surface area contributed by atoms with Crippen LogP contribution in [0, 0.1) is 6.92 Å². The van der Waals surface area contributed by atoms with Gasteiger partial charge in [-0.2, -0.15) is 0 Å². The summed E-state index contributed by atoms with van der Waals surface area (Å²) in [6.07, 6.45) is 2.97. The van der Waals surface area contributed by atoms with Crippen molar-refractivity contribution < 1.29 is 19.1 Å². The van der Waals surface area contributed by atoms with E-state index < -0.39 is 5.63 Å². The average molecular weight is 498 g/mol. The molecule has 0 radical (unpaired) electrons. The van der Waals surface area contributed by atoms with Gasteiger partial charge >= 0.3 is 5.63 Å².